The molecule has 1 heterocycles. The number of esters is 1. The SMILES string of the molecule is CCCCOC(=O)C1CCCC(OCC)O1. The van der Waals surface area contributed by atoms with Crippen LogP contribution >= 0.6 is 0 Å². The lowest BCUT2D eigenvalue weighted by Gasteiger charge is -2.28. The van der Waals surface area contributed by atoms with Crippen LogP contribution in [0.4, 0.5) is 0 Å². The molecule has 0 amide bonds. The summed E-state index contributed by atoms with van der Waals surface area (Å²) in [5.41, 5.74) is 0. The second-order valence-corrected chi connectivity index (χ2v) is 3.96. The molecular weight excluding hydrogens is 208 g/mol. The molecule has 4 nitrogen and oxygen atoms in total. The van der Waals surface area contributed by atoms with Crippen LogP contribution < -0.4 is 0 Å². The third-order valence-electron chi connectivity index (χ3n) is 2.58. The Hall–Kier alpha value is -0.610. The fraction of sp³-hybridized carbons (Fsp3) is 0.917. The molecule has 0 aromatic rings. The van der Waals surface area contributed by atoms with E-state index in [1.165, 1.54) is 0 Å². The van der Waals surface area contributed by atoms with Gasteiger partial charge in [0.05, 0.1) is 6.61 Å². The fourth-order valence-electron chi connectivity index (χ4n) is 1.68. The Morgan fingerprint density at radius 1 is 1.38 bits per heavy atom. The number of carbonyl (C=O) groups is 1. The molecular formula is C12H22O4. The van der Waals surface area contributed by atoms with Gasteiger partial charge in [-0.3, -0.25) is 0 Å². The van der Waals surface area contributed by atoms with Crippen molar-refractivity contribution in [1.29, 1.82) is 0 Å². The van der Waals surface area contributed by atoms with E-state index < -0.39 is 6.10 Å². The number of unbranched alkanes of at least 4 members (excludes halogenated alkanes) is 1. The lowest BCUT2D eigenvalue weighted by molar-refractivity contribution is -0.207. The zero-order chi connectivity index (χ0) is 11.8. The smallest absolute Gasteiger partial charge is 0.335 e. The van der Waals surface area contributed by atoms with Crippen LogP contribution in [-0.4, -0.2) is 31.6 Å². The molecule has 1 aliphatic rings. The lowest BCUT2D eigenvalue weighted by atomic mass is 10.1. The quantitative estimate of drug-likeness (QED) is 0.518. The van der Waals surface area contributed by atoms with Gasteiger partial charge in [0.15, 0.2) is 12.4 Å². The molecule has 0 saturated carbocycles. The highest BCUT2D eigenvalue weighted by Gasteiger charge is 2.29. The molecule has 1 rings (SSSR count). The third kappa shape index (κ3) is 4.49. The average Bonchev–Trinajstić information content (AvgIpc) is 2.30. The first-order valence-electron chi connectivity index (χ1n) is 6.21. The van der Waals surface area contributed by atoms with E-state index in [4.69, 9.17) is 14.2 Å². The van der Waals surface area contributed by atoms with Gasteiger partial charge in [0.1, 0.15) is 0 Å². The predicted octanol–water partition coefficient (Wildman–Crippen LogP) is 2.26. The van der Waals surface area contributed by atoms with Crippen LogP contribution in [0.2, 0.25) is 0 Å². The zero-order valence-corrected chi connectivity index (χ0v) is 10.2. The Balaban J connectivity index is 2.26. The predicted molar refractivity (Wildman–Crippen MR) is 60.0 cm³/mol. The minimum atomic E-state index is -0.429. The Kier molecular flexibility index (Phi) is 6.42. The highest BCUT2D eigenvalue weighted by molar-refractivity contribution is 5.74. The van der Waals surface area contributed by atoms with Crippen molar-refractivity contribution in [3.8, 4) is 0 Å². The van der Waals surface area contributed by atoms with E-state index in [1.807, 2.05) is 6.92 Å². The first kappa shape index (κ1) is 13.5. The van der Waals surface area contributed by atoms with Crippen molar-refractivity contribution in [3.63, 3.8) is 0 Å². The summed E-state index contributed by atoms with van der Waals surface area (Å²) in [5.74, 6) is -0.238. The van der Waals surface area contributed by atoms with Crippen molar-refractivity contribution in [2.45, 2.75) is 58.3 Å². The summed E-state index contributed by atoms with van der Waals surface area (Å²) in [4.78, 5) is 11.6. The Bertz CT molecular complexity index is 203. The lowest BCUT2D eigenvalue weighted by Crippen LogP contribution is -2.36. The maximum absolute atomic E-state index is 11.6. The van der Waals surface area contributed by atoms with Gasteiger partial charge in [-0.05, 0) is 32.6 Å². The number of hydrogen-bond acceptors (Lipinski definition) is 4. The fourth-order valence-corrected chi connectivity index (χ4v) is 1.68. The van der Waals surface area contributed by atoms with E-state index in [-0.39, 0.29) is 12.3 Å². The van der Waals surface area contributed by atoms with Crippen molar-refractivity contribution >= 4 is 5.97 Å². The van der Waals surface area contributed by atoms with Gasteiger partial charge in [0, 0.05) is 6.61 Å². The molecule has 2 atom stereocenters. The van der Waals surface area contributed by atoms with Crippen LogP contribution in [0.1, 0.15) is 46.0 Å². The molecule has 16 heavy (non-hydrogen) atoms. The van der Waals surface area contributed by atoms with Crippen LogP contribution in [0.15, 0.2) is 0 Å². The molecule has 2 unspecified atom stereocenters. The monoisotopic (exact) mass is 230 g/mol. The molecule has 1 aliphatic heterocycles. The standard InChI is InChI=1S/C12H22O4/c1-3-5-9-15-12(13)10-7-6-8-11(16-10)14-4-2/h10-11H,3-9H2,1-2H3. The molecule has 0 bridgehead atoms. The molecule has 0 aliphatic carbocycles. The van der Waals surface area contributed by atoms with Crippen LogP contribution in [0.5, 0.6) is 0 Å². The van der Waals surface area contributed by atoms with Gasteiger partial charge < -0.3 is 14.2 Å². The summed E-state index contributed by atoms with van der Waals surface area (Å²) < 4.78 is 16.0. The summed E-state index contributed by atoms with van der Waals surface area (Å²) in [5, 5.41) is 0. The Morgan fingerprint density at radius 2 is 2.19 bits per heavy atom. The average molecular weight is 230 g/mol. The normalized spacial score (nSPS) is 25.4. The molecule has 0 aromatic heterocycles. The van der Waals surface area contributed by atoms with Gasteiger partial charge >= 0.3 is 5.97 Å². The molecule has 0 N–H and O–H groups in total. The molecule has 0 radical (unpaired) electrons. The molecule has 1 saturated heterocycles. The van der Waals surface area contributed by atoms with Gasteiger partial charge in [-0.1, -0.05) is 13.3 Å². The molecule has 1 fully saturated rings. The number of carbonyl (C=O) groups excluding carboxylic acids is 1. The Labute approximate surface area is 97.2 Å². The zero-order valence-electron chi connectivity index (χ0n) is 10.2. The summed E-state index contributed by atoms with van der Waals surface area (Å²) in [6.07, 6.45) is 3.84. The maximum Gasteiger partial charge on any atom is 0.335 e. The summed E-state index contributed by atoms with van der Waals surface area (Å²) in [6.45, 7) is 5.10. The van der Waals surface area contributed by atoms with Crippen LogP contribution in [0, 0.1) is 0 Å². The van der Waals surface area contributed by atoms with E-state index >= 15 is 0 Å². The highest BCUT2D eigenvalue weighted by atomic mass is 16.7. The first-order valence-corrected chi connectivity index (χ1v) is 6.21. The van der Waals surface area contributed by atoms with Crippen LogP contribution in [0.25, 0.3) is 0 Å². The van der Waals surface area contributed by atoms with Crippen LogP contribution in [-0.2, 0) is 19.0 Å². The second-order valence-electron chi connectivity index (χ2n) is 3.96. The molecule has 94 valence electrons. The molecule has 4 heteroatoms. The van der Waals surface area contributed by atoms with Crippen molar-refractivity contribution in [3.05, 3.63) is 0 Å². The summed E-state index contributed by atoms with van der Waals surface area (Å²) >= 11 is 0. The van der Waals surface area contributed by atoms with Crippen molar-refractivity contribution in [2.24, 2.45) is 0 Å². The van der Waals surface area contributed by atoms with E-state index in [1.54, 1.807) is 0 Å². The van der Waals surface area contributed by atoms with Gasteiger partial charge in [-0.2, -0.15) is 0 Å². The summed E-state index contributed by atoms with van der Waals surface area (Å²) in [7, 11) is 0. The van der Waals surface area contributed by atoms with Gasteiger partial charge in [0.2, 0.25) is 0 Å². The summed E-state index contributed by atoms with van der Waals surface area (Å²) in [6, 6.07) is 0. The van der Waals surface area contributed by atoms with E-state index in [9.17, 15) is 4.79 Å². The first-order chi connectivity index (χ1) is 7.77. The van der Waals surface area contributed by atoms with Crippen LogP contribution in [0.3, 0.4) is 0 Å². The minimum Gasteiger partial charge on any atom is -0.464 e. The molecule has 0 spiro atoms. The van der Waals surface area contributed by atoms with Crippen molar-refractivity contribution < 1.29 is 19.0 Å². The van der Waals surface area contributed by atoms with Crippen molar-refractivity contribution in [2.75, 3.05) is 13.2 Å². The number of rotatable bonds is 6. The van der Waals surface area contributed by atoms with E-state index in [0.717, 1.165) is 32.1 Å². The number of ether oxygens (including phenoxy) is 3. The van der Waals surface area contributed by atoms with Gasteiger partial charge in [-0.15, -0.1) is 0 Å². The minimum absolute atomic E-state index is 0.234. The van der Waals surface area contributed by atoms with Gasteiger partial charge in [-0.25, -0.2) is 4.79 Å². The third-order valence-corrected chi connectivity index (χ3v) is 2.58. The topological polar surface area (TPSA) is 44.8 Å². The second kappa shape index (κ2) is 7.63. The highest BCUT2D eigenvalue weighted by Crippen LogP contribution is 2.20. The van der Waals surface area contributed by atoms with Gasteiger partial charge in [0.25, 0.3) is 0 Å². The molecule has 0 aromatic carbocycles. The number of hydrogen-bond donors (Lipinski definition) is 0. The Morgan fingerprint density at radius 3 is 2.88 bits per heavy atom. The van der Waals surface area contributed by atoms with E-state index in [2.05, 4.69) is 6.92 Å². The maximum atomic E-state index is 11.6. The van der Waals surface area contributed by atoms with Crippen molar-refractivity contribution in [1.82, 2.24) is 0 Å². The van der Waals surface area contributed by atoms with E-state index in [0.29, 0.717) is 13.2 Å². The largest absolute Gasteiger partial charge is 0.464 e.